The second kappa shape index (κ2) is 9.96. The molecule has 27 heavy (non-hydrogen) atoms. The molecule has 2 aromatic rings. The van der Waals surface area contributed by atoms with Gasteiger partial charge in [0.25, 0.3) is 0 Å². The number of esters is 1. The van der Waals surface area contributed by atoms with Gasteiger partial charge in [0.1, 0.15) is 5.75 Å². The molecule has 0 aromatic heterocycles. The van der Waals surface area contributed by atoms with Crippen LogP contribution in [0.25, 0.3) is 0 Å². The Morgan fingerprint density at radius 3 is 2.44 bits per heavy atom. The Morgan fingerprint density at radius 2 is 1.70 bits per heavy atom. The Labute approximate surface area is 157 Å². The fourth-order valence-corrected chi connectivity index (χ4v) is 2.22. The Balaban J connectivity index is 2.04. The third-order valence-corrected chi connectivity index (χ3v) is 3.66. The first-order chi connectivity index (χ1) is 13.0. The predicted molar refractivity (Wildman–Crippen MR) is 102 cm³/mol. The van der Waals surface area contributed by atoms with Gasteiger partial charge in [0.15, 0.2) is 0 Å². The summed E-state index contributed by atoms with van der Waals surface area (Å²) in [6, 6.07) is 13.0. The van der Waals surface area contributed by atoms with Crippen LogP contribution in [0.1, 0.15) is 30.1 Å². The highest BCUT2D eigenvalue weighted by Crippen LogP contribution is 2.18. The largest absolute Gasteiger partial charge is 0.497 e. The van der Waals surface area contributed by atoms with Gasteiger partial charge in [0.2, 0.25) is 0 Å². The van der Waals surface area contributed by atoms with Crippen LogP contribution >= 0.6 is 0 Å². The van der Waals surface area contributed by atoms with Gasteiger partial charge in [-0.05, 0) is 30.7 Å². The van der Waals surface area contributed by atoms with Crippen LogP contribution in [0, 0.1) is 0 Å². The van der Waals surface area contributed by atoms with Crippen molar-refractivity contribution in [3.8, 4) is 5.75 Å². The number of methoxy groups -OCH3 is 1. The average Bonchev–Trinajstić information content (AvgIpc) is 2.68. The number of benzene rings is 2. The van der Waals surface area contributed by atoms with E-state index in [0.717, 1.165) is 12.8 Å². The summed E-state index contributed by atoms with van der Waals surface area (Å²) < 4.78 is 10.2. The fourth-order valence-electron chi connectivity index (χ4n) is 2.22. The molecule has 0 radical (unpaired) electrons. The first-order valence-corrected chi connectivity index (χ1v) is 8.57. The summed E-state index contributed by atoms with van der Waals surface area (Å²) in [7, 11) is 1.50. The quantitative estimate of drug-likeness (QED) is 0.443. The van der Waals surface area contributed by atoms with Crippen molar-refractivity contribution in [3.63, 3.8) is 0 Å². The number of para-hydroxylation sites is 1. The van der Waals surface area contributed by atoms with E-state index in [9.17, 15) is 14.4 Å². The van der Waals surface area contributed by atoms with Crippen LogP contribution in [-0.4, -0.2) is 31.5 Å². The van der Waals surface area contributed by atoms with Gasteiger partial charge >= 0.3 is 17.8 Å². The van der Waals surface area contributed by atoms with Crippen molar-refractivity contribution >= 4 is 29.2 Å². The van der Waals surface area contributed by atoms with Crippen molar-refractivity contribution in [2.24, 2.45) is 0 Å². The number of hydrogen-bond donors (Lipinski definition) is 2. The molecule has 2 amide bonds. The molecule has 0 bridgehead atoms. The molecule has 142 valence electrons. The Bertz CT molecular complexity index is 820. The zero-order chi connectivity index (χ0) is 19.6. The summed E-state index contributed by atoms with van der Waals surface area (Å²) >= 11 is 0. The maximum Gasteiger partial charge on any atom is 0.340 e. The molecule has 0 aliphatic carbocycles. The molecule has 7 heteroatoms. The number of amides is 2. The molecule has 0 fully saturated rings. The number of carbonyl (C=O) groups excluding carboxylic acids is 3. The Hall–Kier alpha value is -3.35. The summed E-state index contributed by atoms with van der Waals surface area (Å²) in [4.78, 5) is 36.5. The number of carbonyl (C=O) groups is 3. The van der Waals surface area contributed by atoms with Gasteiger partial charge in [-0.1, -0.05) is 31.5 Å². The third kappa shape index (κ3) is 5.85. The highest BCUT2D eigenvalue weighted by molar-refractivity contribution is 6.44. The number of nitrogens with one attached hydrogen (secondary N) is 2. The SMILES string of the molecule is CCCCOC(=O)c1ccccc1NC(=O)C(=O)Nc1cccc(OC)c1. The summed E-state index contributed by atoms with van der Waals surface area (Å²) in [6.45, 7) is 2.29. The van der Waals surface area contributed by atoms with Crippen LogP contribution < -0.4 is 15.4 Å². The van der Waals surface area contributed by atoms with Gasteiger partial charge in [-0.15, -0.1) is 0 Å². The van der Waals surface area contributed by atoms with Gasteiger partial charge in [-0.3, -0.25) is 9.59 Å². The number of unbranched alkanes of at least 4 members (excludes halogenated alkanes) is 1. The van der Waals surface area contributed by atoms with E-state index >= 15 is 0 Å². The monoisotopic (exact) mass is 370 g/mol. The van der Waals surface area contributed by atoms with Crippen LogP contribution in [0.15, 0.2) is 48.5 Å². The molecule has 0 atom stereocenters. The van der Waals surface area contributed by atoms with Crippen molar-refractivity contribution in [2.45, 2.75) is 19.8 Å². The lowest BCUT2D eigenvalue weighted by molar-refractivity contribution is -0.133. The second-order valence-electron chi connectivity index (χ2n) is 5.68. The van der Waals surface area contributed by atoms with E-state index in [0.29, 0.717) is 18.0 Å². The zero-order valence-electron chi connectivity index (χ0n) is 15.3. The summed E-state index contributed by atoms with van der Waals surface area (Å²) in [5, 5.41) is 4.93. The van der Waals surface area contributed by atoms with Crippen molar-refractivity contribution < 1.29 is 23.9 Å². The van der Waals surface area contributed by atoms with E-state index in [1.54, 1.807) is 36.4 Å². The maximum atomic E-state index is 12.2. The average molecular weight is 370 g/mol. The van der Waals surface area contributed by atoms with E-state index < -0.39 is 17.8 Å². The van der Waals surface area contributed by atoms with Crippen LogP contribution in [0.4, 0.5) is 11.4 Å². The number of anilines is 2. The number of ether oxygens (including phenoxy) is 2. The normalized spacial score (nSPS) is 10.0. The van der Waals surface area contributed by atoms with Gasteiger partial charge in [-0.25, -0.2) is 4.79 Å². The molecule has 0 spiro atoms. The standard InChI is InChI=1S/C20H22N2O5/c1-3-4-12-27-20(25)16-10-5-6-11-17(16)22-19(24)18(23)21-14-8-7-9-15(13-14)26-2/h5-11,13H,3-4,12H2,1-2H3,(H,21,23)(H,22,24). The first-order valence-electron chi connectivity index (χ1n) is 8.57. The number of hydrogen-bond acceptors (Lipinski definition) is 5. The Morgan fingerprint density at radius 1 is 0.963 bits per heavy atom. The lowest BCUT2D eigenvalue weighted by atomic mass is 10.1. The summed E-state index contributed by atoms with van der Waals surface area (Å²) in [5.41, 5.74) is 0.822. The van der Waals surface area contributed by atoms with E-state index in [1.807, 2.05) is 6.92 Å². The lowest BCUT2D eigenvalue weighted by Gasteiger charge is -2.11. The molecule has 0 saturated carbocycles. The van der Waals surface area contributed by atoms with Gasteiger partial charge in [-0.2, -0.15) is 0 Å². The van der Waals surface area contributed by atoms with Gasteiger partial charge in [0, 0.05) is 11.8 Å². The van der Waals surface area contributed by atoms with E-state index in [1.165, 1.54) is 19.2 Å². The first kappa shape index (κ1) is 20.0. The molecule has 0 aliphatic heterocycles. The Kier molecular flexibility index (Phi) is 7.37. The molecule has 0 saturated heterocycles. The summed E-state index contributed by atoms with van der Waals surface area (Å²) in [5.74, 6) is -1.76. The number of rotatable bonds is 7. The summed E-state index contributed by atoms with van der Waals surface area (Å²) in [6.07, 6.45) is 1.65. The third-order valence-electron chi connectivity index (χ3n) is 3.66. The van der Waals surface area contributed by atoms with Crippen LogP contribution in [0.3, 0.4) is 0 Å². The van der Waals surface area contributed by atoms with Gasteiger partial charge < -0.3 is 20.1 Å². The van der Waals surface area contributed by atoms with Crippen molar-refractivity contribution in [2.75, 3.05) is 24.4 Å². The zero-order valence-corrected chi connectivity index (χ0v) is 15.3. The van der Waals surface area contributed by atoms with Crippen LogP contribution in [0.2, 0.25) is 0 Å². The minimum absolute atomic E-state index is 0.191. The van der Waals surface area contributed by atoms with Crippen LogP contribution in [-0.2, 0) is 14.3 Å². The fraction of sp³-hybridized carbons (Fsp3) is 0.250. The van der Waals surface area contributed by atoms with Crippen molar-refractivity contribution in [1.82, 2.24) is 0 Å². The topological polar surface area (TPSA) is 93.7 Å². The molecule has 7 nitrogen and oxygen atoms in total. The lowest BCUT2D eigenvalue weighted by Crippen LogP contribution is -2.29. The van der Waals surface area contributed by atoms with E-state index in [-0.39, 0.29) is 11.3 Å². The van der Waals surface area contributed by atoms with Crippen molar-refractivity contribution in [1.29, 1.82) is 0 Å². The predicted octanol–water partition coefficient (Wildman–Crippen LogP) is 3.23. The molecular weight excluding hydrogens is 348 g/mol. The van der Waals surface area contributed by atoms with Gasteiger partial charge in [0.05, 0.1) is 25.0 Å². The minimum atomic E-state index is -0.897. The van der Waals surface area contributed by atoms with Crippen molar-refractivity contribution in [3.05, 3.63) is 54.1 Å². The van der Waals surface area contributed by atoms with Crippen LogP contribution in [0.5, 0.6) is 5.75 Å². The highest BCUT2D eigenvalue weighted by Gasteiger charge is 2.19. The minimum Gasteiger partial charge on any atom is -0.497 e. The smallest absolute Gasteiger partial charge is 0.340 e. The van der Waals surface area contributed by atoms with E-state index in [4.69, 9.17) is 9.47 Å². The molecule has 2 aromatic carbocycles. The molecule has 2 N–H and O–H groups in total. The second-order valence-corrected chi connectivity index (χ2v) is 5.68. The van der Waals surface area contributed by atoms with E-state index in [2.05, 4.69) is 10.6 Å². The highest BCUT2D eigenvalue weighted by atomic mass is 16.5. The maximum absolute atomic E-state index is 12.2. The molecule has 0 aliphatic rings. The molecule has 0 unspecified atom stereocenters. The molecular formula is C20H22N2O5. The molecule has 0 heterocycles. The molecule has 2 rings (SSSR count).